The highest BCUT2D eigenvalue weighted by Crippen LogP contribution is 2.36. The number of aryl methyl sites for hydroxylation is 1. The van der Waals surface area contributed by atoms with Crippen molar-refractivity contribution in [3.8, 4) is 28.4 Å². The number of aromatic hydroxyl groups is 1. The van der Waals surface area contributed by atoms with Crippen molar-refractivity contribution < 1.29 is 28.5 Å². The van der Waals surface area contributed by atoms with Gasteiger partial charge >= 0.3 is 5.97 Å². The van der Waals surface area contributed by atoms with Crippen molar-refractivity contribution in [2.45, 2.75) is 32.3 Å². The van der Waals surface area contributed by atoms with Gasteiger partial charge in [-0.25, -0.2) is 9.18 Å². The summed E-state index contributed by atoms with van der Waals surface area (Å²) < 4.78 is 30.1. The van der Waals surface area contributed by atoms with Crippen molar-refractivity contribution in [2.75, 3.05) is 13.2 Å². The third-order valence-electron chi connectivity index (χ3n) is 5.43. The number of ether oxygens (including phenoxy) is 3. The van der Waals surface area contributed by atoms with Gasteiger partial charge in [-0.2, -0.15) is 0 Å². The lowest BCUT2D eigenvalue weighted by Crippen LogP contribution is -2.35. The second kappa shape index (κ2) is 9.83. The SMILES string of the molecule is CCc1cc(-c2ccc(F)cc2)c(O)cc1OCCCOC1Cc2ccccc2OC1=O. The van der Waals surface area contributed by atoms with Gasteiger partial charge in [-0.3, -0.25) is 0 Å². The van der Waals surface area contributed by atoms with Crippen LogP contribution in [0.3, 0.4) is 0 Å². The standard InChI is InChI=1S/C26H25FO5/c1-2-17-14-21(18-8-10-20(27)11-9-18)22(28)16-24(17)30-12-5-13-31-25-15-19-6-3-4-7-23(19)32-26(25)29/h3-4,6-11,14,16,25,28H,2,5,12-13,15H2,1H3. The molecule has 3 aromatic rings. The molecule has 0 aliphatic carbocycles. The number of carbonyl (C=O) groups is 1. The highest BCUT2D eigenvalue weighted by atomic mass is 19.1. The topological polar surface area (TPSA) is 65.0 Å². The molecular weight excluding hydrogens is 411 g/mol. The fourth-order valence-corrected chi connectivity index (χ4v) is 3.71. The van der Waals surface area contributed by atoms with E-state index in [9.17, 15) is 14.3 Å². The number of phenolic OH excluding ortho intramolecular Hbond substituents is 1. The molecule has 4 rings (SSSR count). The number of hydrogen-bond acceptors (Lipinski definition) is 5. The Kier molecular flexibility index (Phi) is 6.71. The van der Waals surface area contributed by atoms with Crippen LogP contribution in [0, 0.1) is 5.82 Å². The average molecular weight is 436 g/mol. The summed E-state index contributed by atoms with van der Waals surface area (Å²) in [6, 6.07) is 16.9. The Hall–Kier alpha value is -3.38. The second-order valence-corrected chi connectivity index (χ2v) is 7.63. The van der Waals surface area contributed by atoms with Crippen LogP contribution in [0.15, 0.2) is 60.7 Å². The Labute approximate surface area is 186 Å². The van der Waals surface area contributed by atoms with Gasteiger partial charge in [0, 0.05) is 24.5 Å². The molecule has 32 heavy (non-hydrogen) atoms. The molecule has 0 aromatic heterocycles. The maximum atomic E-state index is 13.2. The minimum atomic E-state index is -0.616. The number of halogens is 1. The van der Waals surface area contributed by atoms with Gasteiger partial charge in [0.2, 0.25) is 0 Å². The number of esters is 1. The number of hydrogen-bond donors (Lipinski definition) is 1. The summed E-state index contributed by atoms with van der Waals surface area (Å²) in [4.78, 5) is 12.1. The van der Waals surface area contributed by atoms with E-state index in [4.69, 9.17) is 14.2 Å². The molecule has 0 radical (unpaired) electrons. The molecule has 0 amide bonds. The lowest BCUT2D eigenvalue weighted by molar-refractivity contribution is -0.149. The van der Waals surface area contributed by atoms with Gasteiger partial charge in [0.05, 0.1) is 13.2 Å². The lowest BCUT2D eigenvalue weighted by Gasteiger charge is -2.23. The van der Waals surface area contributed by atoms with E-state index in [1.807, 2.05) is 31.2 Å². The Morgan fingerprint density at radius 3 is 2.66 bits per heavy atom. The molecule has 3 aromatic carbocycles. The molecule has 1 aliphatic rings. The zero-order valence-corrected chi connectivity index (χ0v) is 17.8. The Balaban J connectivity index is 1.32. The summed E-state index contributed by atoms with van der Waals surface area (Å²) in [7, 11) is 0. The highest BCUT2D eigenvalue weighted by molar-refractivity contribution is 5.80. The number of rotatable bonds is 8. The molecule has 6 heteroatoms. The normalized spacial score (nSPS) is 15.2. The summed E-state index contributed by atoms with van der Waals surface area (Å²) >= 11 is 0. The van der Waals surface area contributed by atoms with Gasteiger partial charge in [0.1, 0.15) is 23.1 Å². The molecule has 1 heterocycles. The van der Waals surface area contributed by atoms with E-state index in [0.29, 0.717) is 49.5 Å². The predicted octanol–water partition coefficient (Wildman–Crippen LogP) is 5.08. The zero-order valence-electron chi connectivity index (χ0n) is 17.8. The molecule has 1 atom stereocenters. The minimum Gasteiger partial charge on any atom is -0.507 e. The van der Waals surface area contributed by atoms with Gasteiger partial charge < -0.3 is 19.3 Å². The fourth-order valence-electron chi connectivity index (χ4n) is 3.71. The first kappa shape index (κ1) is 21.8. The molecule has 0 saturated heterocycles. The monoisotopic (exact) mass is 436 g/mol. The number of benzene rings is 3. The van der Waals surface area contributed by atoms with Crippen molar-refractivity contribution >= 4 is 5.97 Å². The smallest absolute Gasteiger partial charge is 0.340 e. The van der Waals surface area contributed by atoms with Crippen LogP contribution in [0.4, 0.5) is 4.39 Å². The molecule has 1 aliphatic heterocycles. The van der Waals surface area contributed by atoms with Gasteiger partial charge in [-0.1, -0.05) is 37.3 Å². The number of para-hydroxylation sites is 1. The lowest BCUT2D eigenvalue weighted by atomic mass is 10.00. The van der Waals surface area contributed by atoms with Crippen molar-refractivity contribution in [1.29, 1.82) is 0 Å². The van der Waals surface area contributed by atoms with Crippen molar-refractivity contribution in [1.82, 2.24) is 0 Å². The van der Waals surface area contributed by atoms with Crippen LogP contribution in [0.2, 0.25) is 0 Å². The van der Waals surface area contributed by atoms with Crippen LogP contribution >= 0.6 is 0 Å². The van der Waals surface area contributed by atoms with Gasteiger partial charge in [0.25, 0.3) is 0 Å². The van der Waals surface area contributed by atoms with Crippen LogP contribution in [-0.2, 0) is 22.4 Å². The van der Waals surface area contributed by atoms with E-state index >= 15 is 0 Å². The first-order valence-corrected chi connectivity index (χ1v) is 10.7. The summed E-state index contributed by atoms with van der Waals surface area (Å²) in [5, 5.41) is 10.5. The first-order valence-electron chi connectivity index (χ1n) is 10.7. The minimum absolute atomic E-state index is 0.0728. The summed E-state index contributed by atoms with van der Waals surface area (Å²) in [6.45, 7) is 2.73. The molecule has 5 nitrogen and oxygen atoms in total. The van der Waals surface area contributed by atoms with Crippen LogP contribution in [0.25, 0.3) is 11.1 Å². The molecule has 166 valence electrons. The van der Waals surface area contributed by atoms with Crippen LogP contribution in [0.1, 0.15) is 24.5 Å². The van der Waals surface area contributed by atoms with E-state index in [1.165, 1.54) is 12.1 Å². The van der Waals surface area contributed by atoms with Crippen LogP contribution < -0.4 is 9.47 Å². The fraction of sp³-hybridized carbons (Fsp3) is 0.269. The summed E-state index contributed by atoms with van der Waals surface area (Å²) in [5.41, 5.74) is 3.27. The Bertz CT molecular complexity index is 1090. The summed E-state index contributed by atoms with van der Waals surface area (Å²) in [6.07, 6.45) is 1.17. The third-order valence-corrected chi connectivity index (χ3v) is 5.43. The van der Waals surface area contributed by atoms with E-state index in [1.54, 1.807) is 24.3 Å². The molecule has 0 fully saturated rings. The first-order chi connectivity index (χ1) is 15.5. The quantitative estimate of drug-likeness (QED) is 0.303. The van der Waals surface area contributed by atoms with Crippen LogP contribution in [0.5, 0.6) is 17.2 Å². The number of carbonyl (C=O) groups excluding carboxylic acids is 1. The van der Waals surface area contributed by atoms with Crippen LogP contribution in [-0.4, -0.2) is 30.4 Å². The predicted molar refractivity (Wildman–Crippen MR) is 119 cm³/mol. The van der Waals surface area contributed by atoms with Gasteiger partial charge in [0.15, 0.2) is 6.10 Å². The summed E-state index contributed by atoms with van der Waals surface area (Å²) in [5.74, 6) is 0.568. The third kappa shape index (κ3) is 4.92. The average Bonchev–Trinajstić information content (AvgIpc) is 2.80. The molecule has 1 unspecified atom stereocenters. The van der Waals surface area contributed by atoms with Crippen molar-refractivity contribution in [3.05, 3.63) is 77.6 Å². The largest absolute Gasteiger partial charge is 0.507 e. The van der Waals surface area contributed by atoms with Crippen molar-refractivity contribution in [3.63, 3.8) is 0 Å². The highest BCUT2D eigenvalue weighted by Gasteiger charge is 2.28. The maximum absolute atomic E-state index is 13.2. The zero-order chi connectivity index (χ0) is 22.5. The maximum Gasteiger partial charge on any atom is 0.340 e. The molecule has 0 spiro atoms. The number of phenols is 1. The Morgan fingerprint density at radius 1 is 1.09 bits per heavy atom. The van der Waals surface area contributed by atoms with Gasteiger partial charge in [-0.15, -0.1) is 0 Å². The molecule has 0 bridgehead atoms. The Morgan fingerprint density at radius 2 is 1.88 bits per heavy atom. The van der Waals surface area contributed by atoms with E-state index in [-0.39, 0.29) is 17.5 Å². The van der Waals surface area contributed by atoms with Gasteiger partial charge in [-0.05, 0) is 47.4 Å². The second-order valence-electron chi connectivity index (χ2n) is 7.63. The van der Waals surface area contributed by atoms with E-state index in [0.717, 1.165) is 16.7 Å². The molecule has 1 N–H and O–H groups in total. The van der Waals surface area contributed by atoms with E-state index in [2.05, 4.69) is 0 Å². The number of fused-ring (bicyclic) bond motifs is 1. The van der Waals surface area contributed by atoms with E-state index < -0.39 is 6.10 Å². The molecular formula is C26H25FO5. The molecule has 0 saturated carbocycles. The van der Waals surface area contributed by atoms with Crippen molar-refractivity contribution in [2.24, 2.45) is 0 Å².